The van der Waals surface area contributed by atoms with Crippen LogP contribution in [0.25, 0.3) is 21.5 Å². The van der Waals surface area contributed by atoms with Gasteiger partial charge in [0.2, 0.25) is 0 Å². The Balaban J connectivity index is 2.03. The monoisotopic (exact) mass is 294 g/mol. The summed E-state index contributed by atoms with van der Waals surface area (Å²) in [6.07, 6.45) is 1.82. The van der Waals surface area contributed by atoms with Gasteiger partial charge in [0.25, 0.3) is 0 Å². The molecule has 0 spiro atoms. The predicted molar refractivity (Wildman–Crippen MR) is 88.3 cm³/mol. The van der Waals surface area contributed by atoms with Crippen molar-refractivity contribution in [1.82, 2.24) is 0 Å². The van der Waals surface area contributed by atoms with Crippen LogP contribution in [0.4, 0.5) is 0 Å². The molecule has 0 aromatic heterocycles. The molecule has 0 amide bonds. The van der Waals surface area contributed by atoms with Crippen molar-refractivity contribution in [3.05, 3.63) is 54.1 Å². The quantitative estimate of drug-likeness (QED) is 0.432. The third kappa shape index (κ3) is 2.75. The second-order valence-electron chi connectivity index (χ2n) is 5.41. The van der Waals surface area contributed by atoms with Gasteiger partial charge in [0.05, 0.1) is 12.2 Å². The molecule has 112 valence electrons. The van der Waals surface area contributed by atoms with E-state index in [-0.39, 0.29) is 11.7 Å². The second-order valence-corrected chi connectivity index (χ2v) is 5.41. The minimum atomic E-state index is -0.390. The van der Waals surface area contributed by atoms with Gasteiger partial charge >= 0.3 is 5.97 Å². The normalized spacial score (nSPS) is 11.0. The van der Waals surface area contributed by atoms with E-state index < -0.39 is 0 Å². The zero-order chi connectivity index (χ0) is 15.5. The molecule has 0 radical (unpaired) electrons. The molecule has 0 aliphatic rings. The van der Waals surface area contributed by atoms with Gasteiger partial charge in [0.15, 0.2) is 0 Å². The van der Waals surface area contributed by atoms with Gasteiger partial charge < -0.3 is 9.84 Å². The van der Waals surface area contributed by atoms with Crippen molar-refractivity contribution in [2.75, 3.05) is 6.61 Å². The van der Waals surface area contributed by atoms with Crippen molar-refractivity contribution in [3.63, 3.8) is 0 Å². The Morgan fingerprint density at radius 1 is 1.05 bits per heavy atom. The number of phenols is 1. The lowest BCUT2D eigenvalue weighted by molar-refractivity contribution is 0.0499. The number of aromatic hydroxyl groups is 1. The van der Waals surface area contributed by atoms with Crippen LogP contribution in [0, 0.1) is 0 Å². The van der Waals surface area contributed by atoms with E-state index in [9.17, 15) is 9.90 Å². The van der Waals surface area contributed by atoms with Gasteiger partial charge in [-0.3, -0.25) is 0 Å². The summed E-state index contributed by atoms with van der Waals surface area (Å²) in [5.74, 6) is -0.287. The SMILES string of the molecule is CCCCOC(=O)c1cc(O)c2cc3ccccc3cc2c1. The molecule has 0 bridgehead atoms. The molecule has 0 fully saturated rings. The summed E-state index contributed by atoms with van der Waals surface area (Å²) in [5.41, 5.74) is 0.386. The Bertz CT molecular complexity index is 837. The molecule has 3 nitrogen and oxygen atoms in total. The number of ether oxygens (including phenoxy) is 1. The third-order valence-corrected chi connectivity index (χ3v) is 3.76. The first-order chi connectivity index (χ1) is 10.7. The molecule has 0 heterocycles. The molecular formula is C19H18O3. The molecule has 3 aromatic carbocycles. The molecule has 0 saturated carbocycles. The van der Waals surface area contributed by atoms with Gasteiger partial charge in [0.1, 0.15) is 5.75 Å². The van der Waals surface area contributed by atoms with Gasteiger partial charge in [0, 0.05) is 5.39 Å². The highest BCUT2D eigenvalue weighted by atomic mass is 16.5. The maximum absolute atomic E-state index is 12.0. The number of hydrogen-bond acceptors (Lipinski definition) is 3. The van der Waals surface area contributed by atoms with Crippen molar-refractivity contribution >= 4 is 27.5 Å². The summed E-state index contributed by atoms with van der Waals surface area (Å²) in [6, 6.07) is 15.1. The Morgan fingerprint density at radius 3 is 2.50 bits per heavy atom. The van der Waals surface area contributed by atoms with Crippen LogP contribution in [0.3, 0.4) is 0 Å². The van der Waals surface area contributed by atoms with Crippen LogP contribution in [-0.4, -0.2) is 17.7 Å². The number of esters is 1. The van der Waals surface area contributed by atoms with Crippen LogP contribution in [0.2, 0.25) is 0 Å². The van der Waals surface area contributed by atoms with Crippen molar-refractivity contribution in [2.24, 2.45) is 0 Å². The summed E-state index contributed by atoms with van der Waals surface area (Å²) in [6.45, 7) is 2.45. The first kappa shape index (κ1) is 14.4. The number of fused-ring (bicyclic) bond motifs is 2. The number of benzene rings is 3. The summed E-state index contributed by atoms with van der Waals surface area (Å²) < 4.78 is 5.21. The van der Waals surface area contributed by atoms with Crippen molar-refractivity contribution in [2.45, 2.75) is 19.8 Å². The number of hydrogen-bond donors (Lipinski definition) is 1. The molecule has 3 aromatic rings. The van der Waals surface area contributed by atoms with Gasteiger partial charge in [-0.25, -0.2) is 4.79 Å². The highest BCUT2D eigenvalue weighted by Gasteiger charge is 2.12. The van der Waals surface area contributed by atoms with E-state index in [2.05, 4.69) is 0 Å². The summed E-state index contributed by atoms with van der Waals surface area (Å²) in [5, 5.41) is 13.9. The lowest BCUT2D eigenvalue weighted by atomic mass is 10.0. The van der Waals surface area contributed by atoms with Crippen molar-refractivity contribution in [3.8, 4) is 5.75 Å². The standard InChI is InChI=1S/C19H18O3/c1-2-3-8-22-19(21)16-10-15-9-13-6-4-5-7-14(13)11-17(15)18(20)12-16/h4-7,9-12,20H,2-3,8H2,1H3. The molecule has 0 aliphatic heterocycles. The molecule has 0 atom stereocenters. The molecule has 3 heteroatoms. The van der Waals surface area contributed by atoms with Crippen molar-refractivity contribution in [1.29, 1.82) is 0 Å². The third-order valence-electron chi connectivity index (χ3n) is 3.76. The van der Waals surface area contributed by atoms with Gasteiger partial charge in [-0.1, -0.05) is 37.6 Å². The maximum atomic E-state index is 12.0. The fourth-order valence-corrected chi connectivity index (χ4v) is 2.54. The Kier molecular flexibility index (Phi) is 3.96. The topological polar surface area (TPSA) is 46.5 Å². The number of phenolic OH excluding ortho intramolecular Hbond substituents is 1. The highest BCUT2D eigenvalue weighted by molar-refractivity contribution is 6.04. The Morgan fingerprint density at radius 2 is 1.77 bits per heavy atom. The van der Waals surface area contributed by atoms with E-state index in [4.69, 9.17) is 4.74 Å². The van der Waals surface area contributed by atoms with Crippen LogP contribution in [-0.2, 0) is 4.74 Å². The first-order valence-electron chi connectivity index (χ1n) is 7.51. The molecule has 0 saturated heterocycles. The van der Waals surface area contributed by atoms with E-state index in [1.807, 2.05) is 43.3 Å². The number of rotatable bonds is 4. The molecule has 22 heavy (non-hydrogen) atoms. The van der Waals surface area contributed by atoms with E-state index in [1.54, 1.807) is 6.07 Å². The smallest absolute Gasteiger partial charge is 0.338 e. The van der Waals surface area contributed by atoms with Crippen LogP contribution < -0.4 is 0 Å². The summed E-state index contributed by atoms with van der Waals surface area (Å²) in [4.78, 5) is 12.0. The van der Waals surface area contributed by atoms with Crippen molar-refractivity contribution < 1.29 is 14.6 Å². The van der Waals surface area contributed by atoms with Crippen LogP contribution >= 0.6 is 0 Å². The summed E-state index contributed by atoms with van der Waals surface area (Å²) >= 11 is 0. The molecular weight excluding hydrogens is 276 g/mol. The number of unbranched alkanes of at least 4 members (excludes halogenated alkanes) is 1. The predicted octanol–water partition coefficient (Wildman–Crippen LogP) is 4.66. The first-order valence-corrected chi connectivity index (χ1v) is 7.51. The highest BCUT2D eigenvalue weighted by Crippen LogP contribution is 2.31. The number of carbonyl (C=O) groups excluding carboxylic acids is 1. The zero-order valence-corrected chi connectivity index (χ0v) is 12.5. The zero-order valence-electron chi connectivity index (χ0n) is 12.5. The van der Waals surface area contributed by atoms with E-state index >= 15 is 0 Å². The van der Waals surface area contributed by atoms with E-state index in [1.165, 1.54) is 6.07 Å². The molecule has 3 rings (SSSR count). The van der Waals surface area contributed by atoms with Gasteiger partial charge in [-0.15, -0.1) is 0 Å². The average molecular weight is 294 g/mol. The fourth-order valence-electron chi connectivity index (χ4n) is 2.54. The minimum Gasteiger partial charge on any atom is -0.507 e. The second kappa shape index (κ2) is 6.06. The van der Waals surface area contributed by atoms with Gasteiger partial charge in [-0.05, 0) is 46.8 Å². The Hall–Kier alpha value is -2.55. The molecule has 1 N–H and O–H groups in total. The summed E-state index contributed by atoms with van der Waals surface area (Å²) in [7, 11) is 0. The van der Waals surface area contributed by atoms with E-state index in [0.29, 0.717) is 12.2 Å². The lowest BCUT2D eigenvalue weighted by Crippen LogP contribution is -2.06. The van der Waals surface area contributed by atoms with Gasteiger partial charge in [-0.2, -0.15) is 0 Å². The maximum Gasteiger partial charge on any atom is 0.338 e. The van der Waals surface area contributed by atoms with Crippen LogP contribution in [0.1, 0.15) is 30.1 Å². The number of carbonyl (C=O) groups is 1. The van der Waals surface area contributed by atoms with Crippen LogP contribution in [0.15, 0.2) is 48.5 Å². The van der Waals surface area contributed by atoms with Crippen LogP contribution in [0.5, 0.6) is 5.75 Å². The average Bonchev–Trinajstić information content (AvgIpc) is 2.53. The minimum absolute atomic E-state index is 0.102. The molecule has 0 aliphatic carbocycles. The molecule has 0 unspecified atom stereocenters. The Labute approximate surface area is 129 Å². The largest absolute Gasteiger partial charge is 0.507 e. The fraction of sp³-hybridized carbons (Fsp3) is 0.211. The lowest BCUT2D eigenvalue weighted by Gasteiger charge is -2.08. The van der Waals surface area contributed by atoms with E-state index in [0.717, 1.165) is 34.4 Å².